The second-order valence-electron chi connectivity index (χ2n) is 4.87. The number of likely N-dealkylation sites (N-methyl/N-ethyl adjacent to an activating group) is 2. The Morgan fingerprint density at radius 3 is 1.89 bits per heavy atom. The Morgan fingerprint density at radius 1 is 1.05 bits per heavy atom. The van der Waals surface area contributed by atoms with Crippen molar-refractivity contribution in [3.8, 4) is 0 Å². The highest BCUT2D eigenvalue weighted by Gasteiger charge is 2.31. The van der Waals surface area contributed by atoms with Crippen molar-refractivity contribution in [2.75, 3.05) is 21.1 Å². The first-order valence-corrected chi connectivity index (χ1v) is 6.05. The highest BCUT2D eigenvalue weighted by molar-refractivity contribution is 5.88. The Balaban J connectivity index is 4.81. The van der Waals surface area contributed by atoms with Gasteiger partial charge in [0, 0.05) is 21.1 Å². The Labute approximate surface area is 113 Å². The van der Waals surface area contributed by atoms with E-state index in [4.69, 9.17) is 0 Å². The van der Waals surface area contributed by atoms with Crippen LogP contribution in [-0.2, 0) is 14.4 Å². The summed E-state index contributed by atoms with van der Waals surface area (Å²) in [5.74, 6) is -1.11. The first-order chi connectivity index (χ1) is 8.64. The quantitative estimate of drug-likeness (QED) is 0.412. The predicted octanol–water partition coefficient (Wildman–Crippen LogP) is -0.206. The molecule has 0 aliphatic heterocycles. The minimum Gasteiger partial charge on any atom is -0.347 e. The minimum atomic E-state index is -0.658. The van der Waals surface area contributed by atoms with Gasteiger partial charge in [0.25, 0.3) is 0 Å². The standard InChI is InChI=1S/C12H23N3O4/c1-8(9(2)15(19)7-16)11(17)14(6)10(3)12(18)13(4)5/h7-10,19H,1-6H3. The van der Waals surface area contributed by atoms with Crippen molar-refractivity contribution in [1.82, 2.24) is 14.9 Å². The number of carbonyl (C=O) groups excluding carboxylic acids is 3. The fourth-order valence-electron chi connectivity index (χ4n) is 1.58. The second kappa shape index (κ2) is 7.08. The molecule has 0 rings (SSSR count). The van der Waals surface area contributed by atoms with Crippen LogP contribution >= 0.6 is 0 Å². The van der Waals surface area contributed by atoms with Crippen molar-refractivity contribution in [2.24, 2.45) is 5.92 Å². The highest BCUT2D eigenvalue weighted by Crippen LogP contribution is 2.13. The summed E-state index contributed by atoms with van der Waals surface area (Å²) in [6.45, 7) is 4.79. The molecular formula is C12H23N3O4. The van der Waals surface area contributed by atoms with Crippen molar-refractivity contribution in [2.45, 2.75) is 32.9 Å². The summed E-state index contributed by atoms with van der Waals surface area (Å²) in [6, 6.07) is -1.25. The van der Waals surface area contributed by atoms with Gasteiger partial charge in [0.15, 0.2) is 0 Å². The van der Waals surface area contributed by atoms with Crippen LogP contribution in [0.25, 0.3) is 0 Å². The number of hydrogen-bond donors (Lipinski definition) is 1. The van der Waals surface area contributed by atoms with Crippen LogP contribution in [0, 0.1) is 5.92 Å². The Hall–Kier alpha value is -1.63. The lowest BCUT2D eigenvalue weighted by Crippen LogP contribution is -2.50. The van der Waals surface area contributed by atoms with Crippen LogP contribution in [0.2, 0.25) is 0 Å². The van der Waals surface area contributed by atoms with Gasteiger partial charge in [-0.15, -0.1) is 0 Å². The van der Waals surface area contributed by atoms with E-state index in [9.17, 15) is 19.6 Å². The molecule has 0 aliphatic carbocycles. The van der Waals surface area contributed by atoms with E-state index in [1.54, 1.807) is 34.9 Å². The first-order valence-electron chi connectivity index (χ1n) is 6.05. The third-order valence-corrected chi connectivity index (χ3v) is 3.37. The van der Waals surface area contributed by atoms with Gasteiger partial charge in [-0.2, -0.15) is 0 Å². The summed E-state index contributed by atoms with van der Waals surface area (Å²) in [7, 11) is 4.76. The van der Waals surface area contributed by atoms with Crippen LogP contribution in [0.15, 0.2) is 0 Å². The van der Waals surface area contributed by atoms with Crippen molar-refractivity contribution in [3.63, 3.8) is 0 Å². The zero-order valence-electron chi connectivity index (χ0n) is 12.3. The molecule has 7 nitrogen and oxygen atoms in total. The van der Waals surface area contributed by atoms with E-state index < -0.39 is 18.0 Å². The molecule has 0 fully saturated rings. The van der Waals surface area contributed by atoms with Crippen molar-refractivity contribution in [1.29, 1.82) is 0 Å². The van der Waals surface area contributed by atoms with Crippen molar-refractivity contribution >= 4 is 18.2 Å². The maximum Gasteiger partial charge on any atom is 0.244 e. The molecule has 0 aliphatic rings. The molecule has 0 bridgehead atoms. The number of hydroxylamine groups is 2. The van der Waals surface area contributed by atoms with E-state index in [-0.39, 0.29) is 18.2 Å². The Kier molecular flexibility index (Phi) is 6.47. The molecule has 0 aromatic rings. The molecule has 0 saturated carbocycles. The highest BCUT2D eigenvalue weighted by atomic mass is 16.5. The van der Waals surface area contributed by atoms with Crippen LogP contribution in [0.5, 0.6) is 0 Å². The maximum atomic E-state index is 12.2. The molecule has 0 aromatic heterocycles. The van der Waals surface area contributed by atoms with Gasteiger partial charge in [-0.1, -0.05) is 6.92 Å². The lowest BCUT2D eigenvalue weighted by atomic mass is 10.0. The Morgan fingerprint density at radius 2 is 1.53 bits per heavy atom. The average Bonchev–Trinajstić information content (AvgIpc) is 2.40. The fraction of sp³-hybridized carbons (Fsp3) is 0.750. The van der Waals surface area contributed by atoms with E-state index in [1.807, 2.05) is 0 Å². The minimum absolute atomic E-state index is 0.188. The van der Waals surface area contributed by atoms with Gasteiger partial charge in [-0.3, -0.25) is 19.6 Å². The van der Waals surface area contributed by atoms with E-state index in [2.05, 4.69) is 0 Å². The topological polar surface area (TPSA) is 81.2 Å². The van der Waals surface area contributed by atoms with Crippen LogP contribution in [-0.4, -0.2) is 71.5 Å². The summed E-state index contributed by atoms with van der Waals surface area (Å²) in [6.07, 6.45) is 0.253. The van der Waals surface area contributed by atoms with Crippen LogP contribution < -0.4 is 0 Å². The number of hydrogen-bond acceptors (Lipinski definition) is 4. The van der Waals surface area contributed by atoms with Gasteiger partial charge in [0.05, 0.1) is 12.0 Å². The van der Waals surface area contributed by atoms with Crippen LogP contribution in [0.3, 0.4) is 0 Å². The van der Waals surface area contributed by atoms with Gasteiger partial charge in [-0.05, 0) is 13.8 Å². The molecule has 19 heavy (non-hydrogen) atoms. The SMILES string of the molecule is CC(C(=O)N(C)C(C)C(=O)N(C)C)C(C)N(O)C=O. The smallest absolute Gasteiger partial charge is 0.244 e. The molecule has 3 amide bonds. The molecule has 0 heterocycles. The molecule has 3 atom stereocenters. The summed E-state index contributed by atoms with van der Waals surface area (Å²) in [5.41, 5.74) is 0. The largest absolute Gasteiger partial charge is 0.347 e. The molecule has 0 saturated heterocycles. The maximum absolute atomic E-state index is 12.2. The molecule has 7 heteroatoms. The number of carbonyl (C=O) groups is 3. The molecule has 3 unspecified atom stereocenters. The normalized spacial score (nSPS) is 15.1. The van der Waals surface area contributed by atoms with Gasteiger partial charge < -0.3 is 9.80 Å². The summed E-state index contributed by atoms with van der Waals surface area (Å²) < 4.78 is 0. The molecular weight excluding hydrogens is 250 g/mol. The van der Waals surface area contributed by atoms with Gasteiger partial charge in [0.2, 0.25) is 18.2 Å². The molecule has 1 N–H and O–H groups in total. The number of amides is 3. The van der Waals surface area contributed by atoms with Gasteiger partial charge >= 0.3 is 0 Å². The molecule has 0 spiro atoms. The van der Waals surface area contributed by atoms with Crippen molar-refractivity contribution < 1.29 is 19.6 Å². The predicted molar refractivity (Wildman–Crippen MR) is 69.2 cm³/mol. The lowest BCUT2D eigenvalue weighted by molar-refractivity contribution is -0.168. The lowest BCUT2D eigenvalue weighted by Gasteiger charge is -2.31. The first kappa shape index (κ1) is 17.4. The number of rotatable bonds is 6. The Bertz CT molecular complexity index is 346. The summed E-state index contributed by atoms with van der Waals surface area (Å²) >= 11 is 0. The summed E-state index contributed by atoms with van der Waals surface area (Å²) in [5, 5.41) is 9.74. The van der Waals surface area contributed by atoms with Crippen molar-refractivity contribution in [3.05, 3.63) is 0 Å². The average molecular weight is 273 g/mol. The van der Waals surface area contributed by atoms with Crippen LogP contribution in [0.1, 0.15) is 20.8 Å². The van der Waals surface area contributed by atoms with Gasteiger partial charge in [-0.25, -0.2) is 5.06 Å². The zero-order chi connectivity index (χ0) is 15.3. The summed E-state index contributed by atoms with van der Waals surface area (Å²) in [4.78, 5) is 37.2. The van der Waals surface area contributed by atoms with Gasteiger partial charge in [0.1, 0.15) is 6.04 Å². The second-order valence-corrected chi connectivity index (χ2v) is 4.87. The van der Waals surface area contributed by atoms with E-state index in [0.29, 0.717) is 5.06 Å². The van der Waals surface area contributed by atoms with E-state index in [1.165, 1.54) is 16.8 Å². The third-order valence-electron chi connectivity index (χ3n) is 3.37. The van der Waals surface area contributed by atoms with E-state index in [0.717, 1.165) is 0 Å². The monoisotopic (exact) mass is 273 g/mol. The molecule has 0 radical (unpaired) electrons. The fourth-order valence-corrected chi connectivity index (χ4v) is 1.58. The third kappa shape index (κ3) is 4.20. The number of nitrogens with zero attached hydrogens (tertiary/aromatic N) is 3. The van der Waals surface area contributed by atoms with Crippen LogP contribution in [0.4, 0.5) is 0 Å². The zero-order valence-corrected chi connectivity index (χ0v) is 12.3. The molecule has 0 aromatic carbocycles. The van der Waals surface area contributed by atoms with E-state index >= 15 is 0 Å². The molecule has 110 valence electrons.